The SMILES string of the molecule is COc1ccc2cc1OCc1cn(nn1)CCCN(CC1CC1)CCCCNC(=O)[C@H]([C@@H](C)O)NC(=O)[C@@H](CC(C)C)NC2=O. The number of hydrogen-bond acceptors (Lipinski definition) is 9. The molecule has 1 aliphatic heterocycles. The van der Waals surface area contributed by atoms with E-state index in [0.29, 0.717) is 30.2 Å². The van der Waals surface area contributed by atoms with Gasteiger partial charge in [-0.1, -0.05) is 19.1 Å². The van der Waals surface area contributed by atoms with Gasteiger partial charge in [0.2, 0.25) is 11.8 Å². The zero-order chi connectivity index (χ0) is 32.3. The predicted molar refractivity (Wildman–Crippen MR) is 168 cm³/mol. The van der Waals surface area contributed by atoms with Crippen LogP contribution in [0, 0.1) is 11.8 Å². The topological polar surface area (TPSA) is 160 Å². The first kappa shape index (κ1) is 34.2. The zero-order valence-corrected chi connectivity index (χ0v) is 27.0. The van der Waals surface area contributed by atoms with E-state index in [1.54, 1.807) is 18.2 Å². The van der Waals surface area contributed by atoms with Gasteiger partial charge < -0.3 is 35.4 Å². The quantitative estimate of drug-likeness (QED) is 0.375. The molecular formula is C32H49N7O6. The first-order valence-electron chi connectivity index (χ1n) is 16.1. The summed E-state index contributed by atoms with van der Waals surface area (Å²) in [6.07, 6.45) is 6.24. The lowest BCUT2D eigenvalue weighted by molar-refractivity contribution is -0.132. The highest BCUT2D eigenvalue weighted by Gasteiger charge is 2.30. The van der Waals surface area contributed by atoms with Crippen LogP contribution in [0.5, 0.6) is 11.5 Å². The second-order valence-corrected chi connectivity index (χ2v) is 12.6. The first-order valence-corrected chi connectivity index (χ1v) is 16.1. The molecule has 0 unspecified atom stereocenters. The molecule has 2 aromatic rings. The summed E-state index contributed by atoms with van der Waals surface area (Å²) >= 11 is 0. The smallest absolute Gasteiger partial charge is 0.252 e. The van der Waals surface area contributed by atoms with E-state index >= 15 is 0 Å². The van der Waals surface area contributed by atoms with Gasteiger partial charge in [0, 0.05) is 25.2 Å². The van der Waals surface area contributed by atoms with Crippen molar-refractivity contribution in [1.29, 1.82) is 0 Å². The number of aryl methyl sites for hydroxylation is 1. The molecule has 0 saturated heterocycles. The molecule has 1 aromatic heterocycles. The number of hydrogen-bond donors (Lipinski definition) is 4. The monoisotopic (exact) mass is 627 g/mol. The van der Waals surface area contributed by atoms with Crippen LogP contribution < -0.4 is 25.4 Å². The molecule has 1 aliphatic carbocycles. The number of aromatic nitrogens is 3. The Hall–Kier alpha value is -3.71. The Morgan fingerprint density at radius 1 is 1.04 bits per heavy atom. The van der Waals surface area contributed by atoms with Crippen LogP contribution in [0.2, 0.25) is 0 Å². The highest BCUT2D eigenvalue weighted by atomic mass is 16.5. The van der Waals surface area contributed by atoms with E-state index in [1.807, 2.05) is 24.7 Å². The van der Waals surface area contributed by atoms with E-state index in [1.165, 1.54) is 26.9 Å². The van der Waals surface area contributed by atoms with E-state index < -0.39 is 35.9 Å². The van der Waals surface area contributed by atoms with Crippen LogP contribution in [0.1, 0.15) is 75.3 Å². The van der Waals surface area contributed by atoms with Gasteiger partial charge in [-0.2, -0.15) is 0 Å². The molecule has 45 heavy (non-hydrogen) atoms. The maximum atomic E-state index is 13.4. The molecule has 4 N–H and O–H groups in total. The van der Waals surface area contributed by atoms with E-state index in [-0.39, 0.29) is 18.1 Å². The van der Waals surface area contributed by atoms with Crippen molar-refractivity contribution in [3.05, 3.63) is 35.7 Å². The summed E-state index contributed by atoms with van der Waals surface area (Å²) in [5.41, 5.74) is 0.922. The average molecular weight is 628 g/mol. The zero-order valence-electron chi connectivity index (χ0n) is 27.0. The molecule has 1 saturated carbocycles. The Morgan fingerprint density at radius 3 is 2.53 bits per heavy atom. The Labute approximate surface area is 265 Å². The fraction of sp³-hybridized carbons (Fsp3) is 0.656. The third-order valence-corrected chi connectivity index (χ3v) is 8.05. The Morgan fingerprint density at radius 2 is 1.82 bits per heavy atom. The summed E-state index contributed by atoms with van der Waals surface area (Å²) in [5, 5.41) is 27.2. The molecule has 0 radical (unpaired) electrons. The number of nitrogens with zero attached hydrogens (tertiary/aromatic N) is 4. The Balaban J connectivity index is 1.54. The molecule has 0 spiro atoms. The number of ether oxygens (including phenoxy) is 2. The molecule has 248 valence electrons. The van der Waals surface area contributed by atoms with Crippen LogP contribution in [0.25, 0.3) is 0 Å². The molecular weight excluding hydrogens is 578 g/mol. The summed E-state index contributed by atoms with van der Waals surface area (Å²) in [6.45, 7) is 9.58. The highest BCUT2D eigenvalue weighted by molar-refractivity contribution is 5.99. The summed E-state index contributed by atoms with van der Waals surface area (Å²) in [4.78, 5) is 42.3. The van der Waals surface area contributed by atoms with Gasteiger partial charge in [-0.25, -0.2) is 0 Å². The van der Waals surface area contributed by atoms with E-state index in [0.717, 1.165) is 51.4 Å². The van der Waals surface area contributed by atoms with Gasteiger partial charge >= 0.3 is 0 Å². The minimum atomic E-state index is -1.16. The number of carbonyl (C=O) groups excluding carboxylic acids is 3. The molecule has 4 rings (SSSR count). The standard InChI is InChI=1S/C32H49N7O6/c1-21(2)16-26-31(42)35-29(22(3)40)32(43)33-12-5-6-13-38(18-23-8-9-23)14-7-15-39-19-25(36-37-39)20-45-28-17-24(30(41)34-26)10-11-27(28)44-4/h10-11,17,19,21-23,26,29,40H,5-9,12-16,18,20H2,1-4H3,(H,33,43)(H,34,41)(H,35,42)/t22-,26-,29+/m1/s1. The predicted octanol–water partition coefficient (Wildman–Crippen LogP) is 1.89. The number of fused-ring (bicyclic) bond motifs is 4. The number of amides is 3. The van der Waals surface area contributed by atoms with Gasteiger partial charge in [0.15, 0.2) is 11.5 Å². The summed E-state index contributed by atoms with van der Waals surface area (Å²) < 4.78 is 13.3. The van der Waals surface area contributed by atoms with Crippen molar-refractivity contribution in [1.82, 2.24) is 35.8 Å². The first-order chi connectivity index (χ1) is 21.6. The molecule has 2 aliphatic rings. The van der Waals surface area contributed by atoms with Crippen molar-refractivity contribution in [3.63, 3.8) is 0 Å². The second kappa shape index (κ2) is 16.6. The molecule has 1 fully saturated rings. The fourth-order valence-corrected chi connectivity index (χ4v) is 5.40. The van der Waals surface area contributed by atoms with E-state index in [9.17, 15) is 19.5 Å². The lowest BCUT2D eigenvalue weighted by Gasteiger charge is -2.26. The average Bonchev–Trinajstić information content (AvgIpc) is 3.71. The van der Waals surface area contributed by atoms with Crippen LogP contribution in [0.15, 0.2) is 24.4 Å². The number of rotatable bonds is 6. The third kappa shape index (κ3) is 10.7. The molecule has 3 atom stereocenters. The van der Waals surface area contributed by atoms with Gasteiger partial charge in [-0.15, -0.1) is 5.10 Å². The van der Waals surface area contributed by atoms with E-state index in [2.05, 4.69) is 31.2 Å². The number of aliphatic hydroxyl groups excluding tert-OH is 1. The number of benzene rings is 1. The number of methoxy groups -OCH3 is 1. The lowest BCUT2D eigenvalue weighted by atomic mass is 10.0. The molecule has 2 heterocycles. The largest absolute Gasteiger partial charge is 0.493 e. The Kier molecular flexibility index (Phi) is 12.6. The second-order valence-electron chi connectivity index (χ2n) is 12.6. The van der Waals surface area contributed by atoms with Crippen molar-refractivity contribution in [2.75, 3.05) is 33.3 Å². The van der Waals surface area contributed by atoms with Crippen LogP contribution in [0.4, 0.5) is 0 Å². The molecule has 13 nitrogen and oxygen atoms in total. The van der Waals surface area contributed by atoms with Gasteiger partial charge in [0.1, 0.15) is 24.4 Å². The minimum Gasteiger partial charge on any atom is -0.493 e. The highest BCUT2D eigenvalue weighted by Crippen LogP contribution is 2.30. The van der Waals surface area contributed by atoms with Gasteiger partial charge in [0.25, 0.3) is 5.91 Å². The van der Waals surface area contributed by atoms with Gasteiger partial charge in [-0.05, 0) is 88.6 Å². The van der Waals surface area contributed by atoms with Crippen molar-refractivity contribution in [2.24, 2.45) is 11.8 Å². The maximum absolute atomic E-state index is 13.4. The Bertz CT molecular complexity index is 1280. The number of aliphatic hydroxyl groups is 1. The van der Waals surface area contributed by atoms with Gasteiger partial charge in [-0.3, -0.25) is 19.1 Å². The van der Waals surface area contributed by atoms with Crippen molar-refractivity contribution in [2.45, 2.75) is 90.6 Å². The number of carbonyl (C=O) groups is 3. The van der Waals surface area contributed by atoms with E-state index in [4.69, 9.17) is 9.47 Å². The summed E-state index contributed by atoms with van der Waals surface area (Å²) in [5.74, 6) is 0.130. The molecule has 3 amide bonds. The lowest BCUT2D eigenvalue weighted by Crippen LogP contribution is -2.57. The van der Waals surface area contributed by atoms with Crippen molar-refractivity contribution >= 4 is 17.7 Å². The van der Waals surface area contributed by atoms with Crippen LogP contribution in [-0.4, -0.2) is 94.2 Å². The van der Waals surface area contributed by atoms with Crippen molar-refractivity contribution < 1.29 is 29.0 Å². The normalized spacial score (nSPS) is 22.4. The van der Waals surface area contributed by atoms with Crippen LogP contribution in [0.3, 0.4) is 0 Å². The summed E-state index contributed by atoms with van der Waals surface area (Å²) in [6, 6.07) is 2.68. The van der Waals surface area contributed by atoms with Crippen LogP contribution >= 0.6 is 0 Å². The third-order valence-electron chi connectivity index (χ3n) is 8.05. The van der Waals surface area contributed by atoms with Gasteiger partial charge in [0.05, 0.1) is 19.4 Å². The minimum absolute atomic E-state index is 0.0642. The molecule has 13 heteroatoms. The van der Waals surface area contributed by atoms with Crippen LogP contribution in [-0.2, 0) is 22.7 Å². The maximum Gasteiger partial charge on any atom is 0.252 e. The molecule has 1 aromatic carbocycles. The summed E-state index contributed by atoms with van der Waals surface area (Å²) in [7, 11) is 1.52. The number of nitrogens with one attached hydrogen (secondary N) is 3. The fourth-order valence-electron chi connectivity index (χ4n) is 5.40. The van der Waals surface area contributed by atoms with Crippen molar-refractivity contribution in [3.8, 4) is 11.5 Å². The molecule has 4 bridgehead atoms.